The molecule has 22 heavy (non-hydrogen) atoms. The Hall–Kier alpha value is -1.92. The normalized spacial score (nSPS) is 17.0. The fraction of sp³-hybridized carbons (Fsp3) is 0.500. The molecule has 1 aromatic carbocycles. The maximum absolute atomic E-state index is 5.29. The third kappa shape index (κ3) is 4.54. The van der Waals surface area contributed by atoms with E-state index in [2.05, 4.69) is 53.0 Å². The molecule has 1 saturated heterocycles. The number of hydrogen-bond donors (Lipinski definition) is 2. The summed E-state index contributed by atoms with van der Waals surface area (Å²) in [6.07, 6.45) is 1.71. The lowest BCUT2D eigenvalue weighted by Crippen LogP contribution is -2.44. The van der Waals surface area contributed by atoms with Crippen LogP contribution in [0.4, 0.5) is 0 Å². The summed E-state index contributed by atoms with van der Waals surface area (Å²) in [5, 5.41) is 7.58. The Morgan fingerprint density at radius 2 is 1.82 bits per heavy atom. The Labute approximate surface area is 132 Å². The summed E-state index contributed by atoms with van der Waals surface area (Å²) >= 11 is 0. The molecular weight excluding hydrogens is 276 g/mol. The van der Waals surface area contributed by atoms with Crippen molar-refractivity contribution in [3.05, 3.63) is 34.4 Å². The highest BCUT2D eigenvalue weighted by atomic mass is 15.3. The maximum Gasteiger partial charge on any atom is 0.211 e. The number of nitrogens with two attached hydrogens (primary N) is 2. The van der Waals surface area contributed by atoms with E-state index in [1.54, 1.807) is 6.21 Å². The molecule has 0 spiro atoms. The zero-order valence-corrected chi connectivity index (χ0v) is 13.7. The van der Waals surface area contributed by atoms with Gasteiger partial charge in [-0.1, -0.05) is 6.07 Å². The first kappa shape index (κ1) is 16.5. The molecule has 1 heterocycles. The summed E-state index contributed by atoms with van der Waals surface area (Å²) in [5.41, 5.74) is 15.5. The van der Waals surface area contributed by atoms with Crippen LogP contribution in [0.15, 0.2) is 22.3 Å². The number of nitrogens with zero attached hydrogens (tertiary/aromatic N) is 4. The van der Waals surface area contributed by atoms with E-state index in [1.807, 2.05) is 0 Å². The van der Waals surface area contributed by atoms with E-state index in [-0.39, 0.29) is 5.96 Å². The van der Waals surface area contributed by atoms with Crippen LogP contribution in [0, 0.1) is 13.8 Å². The topological polar surface area (TPSA) is 83.2 Å². The van der Waals surface area contributed by atoms with Crippen molar-refractivity contribution in [2.24, 2.45) is 21.7 Å². The maximum atomic E-state index is 5.29. The predicted molar refractivity (Wildman–Crippen MR) is 92.1 cm³/mol. The van der Waals surface area contributed by atoms with E-state index in [4.69, 9.17) is 11.5 Å². The Bertz CT molecular complexity index is 566. The van der Waals surface area contributed by atoms with Gasteiger partial charge in [0.1, 0.15) is 0 Å². The lowest BCUT2D eigenvalue weighted by molar-refractivity contribution is 0.148. The van der Waals surface area contributed by atoms with Gasteiger partial charge in [0.2, 0.25) is 5.96 Å². The molecule has 2 rings (SSSR count). The van der Waals surface area contributed by atoms with Crippen LogP contribution in [-0.4, -0.2) is 55.2 Å². The summed E-state index contributed by atoms with van der Waals surface area (Å²) < 4.78 is 0. The van der Waals surface area contributed by atoms with Crippen molar-refractivity contribution in [2.75, 3.05) is 33.2 Å². The Morgan fingerprint density at radius 3 is 2.45 bits per heavy atom. The van der Waals surface area contributed by atoms with Gasteiger partial charge < -0.3 is 16.4 Å². The zero-order chi connectivity index (χ0) is 16.1. The Morgan fingerprint density at radius 1 is 1.14 bits per heavy atom. The highest BCUT2D eigenvalue weighted by molar-refractivity contribution is 5.83. The standard InChI is InChI=1S/C16H26N6/c1-12-8-13(2)15(9-14(12)10-19-20-16(17)18)11-22-6-4-21(3)5-7-22/h8-10H,4-7,11H2,1-3H3,(H4,17,18,20). The molecule has 0 aromatic heterocycles. The quantitative estimate of drug-likeness (QED) is 0.486. The van der Waals surface area contributed by atoms with E-state index in [0.717, 1.165) is 38.3 Å². The smallest absolute Gasteiger partial charge is 0.211 e. The van der Waals surface area contributed by atoms with Crippen LogP contribution in [-0.2, 0) is 6.54 Å². The molecule has 0 unspecified atom stereocenters. The third-order valence-electron chi connectivity index (χ3n) is 4.08. The summed E-state index contributed by atoms with van der Waals surface area (Å²) in [5.74, 6) is -0.0290. The van der Waals surface area contributed by atoms with Gasteiger partial charge in [0.15, 0.2) is 0 Å². The second-order valence-electron chi connectivity index (χ2n) is 5.98. The van der Waals surface area contributed by atoms with Gasteiger partial charge >= 0.3 is 0 Å². The molecule has 1 aromatic rings. The molecule has 1 fully saturated rings. The van der Waals surface area contributed by atoms with Crippen LogP contribution < -0.4 is 11.5 Å². The number of likely N-dealkylation sites (N-methyl/N-ethyl adjacent to an activating group) is 1. The average molecular weight is 302 g/mol. The number of aryl methyl sites for hydroxylation is 2. The number of hydrogen-bond acceptors (Lipinski definition) is 4. The Kier molecular flexibility index (Phi) is 5.51. The number of rotatable bonds is 4. The molecule has 0 bridgehead atoms. The monoisotopic (exact) mass is 302 g/mol. The third-order valence-corrected chi connectivity index (χ3v) is 4.08. The highest BCUT2D eigenvalue weighted by Gasteiger charge is 2.15. The highest BCUT2D eigenvalue weighted by Crippen LogP contribution is 2.17. The molecule has 4 N–H and O–H groups in total. The molecule has 0 radical (unpaired) electrons. The molecular formula is C16H26N6. The largest absolute Gasteiger partial charge is 0.369 e. The fourth-order valence-corrected chi connectivity index (χ4v) is 2.63. The van der Waals surface area contributed by atoms with Crippen molar-refractivity contribution in [3.63, 3.8) is 0 Å². The van der Waals surface area contributed by atoms with Crippen LogP contribution in [0.1, 0.15) is 22.3 Å². The van der Waals surface area contributed by atoms with Crippen molar-refractivity contribution >= 4 is 12.2 Å². The van der Waals surface area contributed by atoms with Gasteiger partial charge in [-0.3, -0.25) is 4.90 Å². The zero-order valence-electron chi connectivity index (χ0n) is 13.7. The molecule has 1 aliphatic heterocycles. The average Bonchev–Trinajstić information content (AvgIpc) is 2.45. The molecule has 0 aliphatic carbocycles. The summed E-state index contributed by atoms with van der Waals surface area (Å²) in [7, 11) is 2.17. The molecule has 6 heteroatoms. The molecule has 0 amide bonds. The SMILES string of the molecule is Cc1cc(C)c(CN2CCN(C)CC2)cc1C=NN=C(N)N. The van der Waals surface area contributed by atoms with E-state index in [9.17, 15) is 0 Å². The van der Waals surface area contributed by atoms with E-state index >= 15 is 0 Å². The summed E-state index contributed by atoms with van der Waals surface area (Å²) in [6, 6.07) is 4.39. The van der Waals surface area contributed by atoms with Crippen LogP contribution >= 0.6 is 0 Å². The first-order chi connectivity index (χ1) is 10.5. The lowest BCUT2D eigenvalue weighted by Gasteiger charge is -2.32. The second-order valence-corrected chi connectivity index (χ2v) is 5.98. The van der Waals surface area contributed by atoms with E-state index in [0.29, 0.717) is 0 Å². The van der Waals surface area contributed by atoms with Crippen LogP contribution in [0.5, 0.6) is 0 Å². The molecule has 120 valence electrons. The van der Waals surface area contributed by atoms with Gasteiger partial charge in [-0.25, -0.2) is 0 Å². The minimum atomic E-state index is -0.0290. The van der Waals surface area contributed by atoms with Gasteiger partial charge in [-0.2, -0.15) is 5.10 Å². The predicted octanol–water partition coefficient (Wildman–Crippen LogP) is 0.658. The lowest BCUT2D eigenvalue weighted by atomic mass is 10.00. The first-order valence-corrected chi connectivity index (χ1v) is 7.58. The first-order valence-electron chi connectivity index (χ1n) is 7.58. The molecule has 6 nitrogen and oxygen atoms in total. The van der Waals surface area contributed by atoms with Gasteiger partial charge in [0.05, 0.1) is 6.21 Å². The minimum Gasteiger partial charge on any atom is -0.369 e. The molecule has 0 atom stereocenters. The van der Waals surface area contributed by atoms with Gasteiger partial charge in [-0.15, -0.1) is 5.10 Å². The Balaban J connectivity index is 2.14. The van der Waals surface area contributed by atoms with Gasteiger partial charge in [-0.05, 0) is 49.2 Å². The molecule has 1 aliphatic rings. The van der Waals surface area contributed by atoms with Gasteiger partial charge in [0, 0.05) is 32.7 Å². The summed E-state index contributed by atoms with van der Waals surface area (Å²) in [4.78, 5) is 4.86. The van der Waals surface area contributed by atoms with Crippen LogP contribution in [0.3, 0.4) is 0 Å². The molecule has 0 saturated carbocycles. The van der Waals surface area contributed by atoms with Gasteiger partial charge in [0.25, 0.3) is 0 Å². The summed E-state index contributed by atoms with van der Waals surface area (Å²) in [6.45, 7) is 9.69. The number of piperazine rings is 1. The van der Waals surface area contributed by atoms with Crippen molar-refractivity contribution < 1.29 is 0 Å². The van der Waals surface area contributed by atoms with Crippen molar-refractivity contribution in [3.8, 4) is 0 Å². The number of guanidine groups is 1. The van der Waals surface area contributed by atoms with E-state index in [1.165, 1.54) is 16.7 Å². The van der Waals surface area contributed by atoms with Crippen LogP contribution in [0.2, 0.25) is 0 Å². The minimum absolute atomic E-state index is 0.0290. The van der Waals surface area contributed by atoms with Crippen LogP contribution in [0.25, 0.3) is 0 Å². The number of benzene rings is 1. The van der Waals surface area contributed by atoms with E-state index < -0.39 is 0 Å². The van der Waals surface area contributed by atoms with Crippen molar-refractivity contribution in [1.29, 1.82) is 0 Å². The van der Waals surface area contributed by atoms with Crippen molar-refractivity contribution in [1.82, 2.24) is 9.80 Å². The van der Waals surface area contributed by atoms with Crippen molar-refractivity contribution in [2.45, 2.75) is 20.4 Å². The second kappa shape index (κ2) is 7.38. The fourth-order valence-electron chi connectivity index (χ4n) is 2.63.